The molecule has 6 heteroatoms. The molecule has 1 aromatic carbocycles. The minimum atomic E-state index is -2.89. The Morgan fingerprint density at radius 1 is 1.57 bits per heavy atom. The molecule has 1 unspecified atom stereocenters. The Kier molecular flexibility index (Phi) is 2.76. The van der Waals surface area contributed by atoms with Crippen molar-refractivity contribution in [2.45, 2.75) is 4.90 Å². The van der Waals surface area contributed by atoms with Crippen LogP contribution in [0.5, 0.6) is 0 Å². The number of nitrogens with zero attached hydrogens (tertiary/aromatic N) is 1. The second kappa shape index (κ2) is 3.67. The number of carboxylic acid groups (broad SMARTS) is 1. The van der Waals surface area contributed by atoms with E-state index in [2.05, 4.69) is 4.36 Å². The highest BCUT2D eigenvalue weighted by Gasteiger charge is 2.08. The zero-order chi connectivity index (χ0) is 10.8. The Morgan fingerprint density at radius 3 is 2.71 bits per heavy atom. The maximum atomic E-state index is 11.7. The van der Waals surface area contributed by atoms with E-state index in [1.54, 1.807) is 12.1 Å². The normalized spacial score (nSPS) is 14.4. The van der Waals surface area contributed by atoms with E-state index in [0.29, 0.717) is 10.6 Å². The van der Waals surface area contributed by atoms with Gasteiger partial charge in [0.1, 0.15) is 0 Å². The van der Waals surface area contributed by atoms with Crippen molar-refractivity contribution in [3.8, 4) is 0 Å². The second-order valence-electron chi connectivity index (χ2n) is 2.75. The molecule has 1 amide bonds. The first-order valence-corrected chi connectivity index (χ1v) is 5.65. The molecule has 0 radical (unpaired) electrons. The number of benzene rings is 1. The molecule has 0 heterocycles. The zero-order valence-corrected chi connectivity index (χ0v) is 8.32. The van der Waals surface area contributed by atoms with Gasteiger partial charge in [0.2, 0.25) is 0 Å². The Bertz CT molecular complexity index is 475. The van der Waals surface area contributed by atoms with Crippen molar-refractivity contribution in [1.82, 2.24) is 0 Å². The molecule has 1 rings (SSSR count). The van der Waals surface area contributed by atoms with Gasteiger partial charge in [0, 0.05) is 16.8 Å². The van der Waals surface area contributed by atoms with E-state index in [9.17, 15) is 9.00 Å². The summed E-state index contributed by atoms with van der Waals surface area (Å²) in [5.74, 6) is 0. The van der Waals surface area contributed by atoms with E-state index >= 15 is 0 Å². The molecule has 76 valence electrons. The SMILES string of the molecule is CS(=O)(=NC(=O)O)c1cccc(N)c1. The van der Waals surface area contributed by atoms with Crippen LogP contribution >= 0.6 is 0 Å². The van der Waals surface area contributed by atoms with Gasteiger partial charge in [0.05, 0.1) is 9.73 Å². The molecule has 0 aliphatic rings. The molecule has 0 saturated heterocycles. The molecule has 5 nitrogen and oxygen atoms in total. The largest absolute Gasteiger partial charge is 0.463 e. The lowest BCUT2D eigenvalue weighted by Crippen LogP contribution is -2.02. The Labute approximate surface area is 81.7 Å². The fraction of sp³-hybridized carbons (Fsp3) is 0.125. The summed E-state index contributed by atoms with van der Waals surface area (Å²) in [5, 5.41) is 8.40. The smallest absolute Gasteiger partial charge is 0.439 e. The van der Waals surface area contributed by atoms with Gasteiger partial charge in [-0.1, -0.05) is 6.07 Å². The molecular formula is C8H10N2O3S. The maximum absolute atomic E-state index is 11.7. The van der Waals surface area contributed by atoms with E-state index in [-0.39, 0.29) is 0 Å². The number of hydrogen-bond acceptors (Lipinski definition) is 3. The average molecular weight is 214 g/mol. The molecular weight excluding hydrogens is 204 g/mol. The number of rotatable bonds is 1. The van der Waals surface area contributed by atoms with Crippen molar-refractivity contribution in [2.24, 2.45) is 4.36 Å². The highest BCUT2D eigenvalue weighted by atomic mass is 32.2. The first kappa shape index (κ1) is 10.5. The maximum Gasteiger partial charge on any atom is 0.439 e. The number of amides is 1. The summed E-state index contributed by atoms with van der Waals surface area (Å²) in [7, 11) is -2.89. The van der Waals surface area contributed by atoms with Gasteiger partial charge in [-0.3, -0.25) is 0 Å². The summed E-state index contributed by atoms with van der Waals surface area (Å²) < 4.78 is 14.9. The highest BCUT2D eigenvalue weighted by molar-refractivity contribution is 7.93. The van der Waals surface area contributed by atoms with Crippen LogP contribution in [0.4, 0.5) is 10.5 Å². The van der Waals surface area contributed by atoms with Gasteiger partial charge in [-0.05, 0) is 18.2 Å². The van der Waals surface area contributed by atoms with Crippen LogP contribution in [0.1, 0.15) is 0 Å². The minimum Gasteiger partial charge on any atom is -0.463 e. The van der Waals surface area contributed by atoms with Crippen LogP contribution in [0.2, 0.25) is 0 Å². The van der Waals surface area contributed by atoms with Gasteiger partial charge in [0.25, 0.3) is 0 Å². The third kappa shape index (κ3) is 2.46. The summed E-state index contributed by atoms with van der Waals surface area (Å²) >= 11 is 0. The third-order valence-corrected chi connectivity index (χ3v) is 3.18. The third-order valence-electron chi connectivity index (χ3n) is 1.55. The number of nitrogen functional groups attached to an aromatic ring is 1. The molecule has 0 aliphatic carbocycles. The predicted molar refractivity (Wildman–Crippen MR) is 53.6 cm³/mol. The first-order valence-electron chi connectivity index (χ1n) is 3.72. The quantitative estimate of drug-likeness (QED) is 0.691. The second-order valence-corrected chi connectivity index (χ2v) is 5.01. The van der Waals surface area contributed by atoms with E-state index < -0.39 is 15.8 Å². The number of anilines is 1. The first-order chi connectivity index (χ1) is 6.42. The van der Waals surface area contributed by atoms with Gasteiger partial charge >= 0.3 is 6.09 Å². The molecule has 0 spiro atoms. The van der Waals surface area contributed by atoms with Gasteiger partial charge < -0.3 is 10.8 Å². The molecule has 14 heavy (non-hydrogen) atoms. The summed E-state index contributed by atoms with van der Waals surface area (Å²) in [6, 6.07) is 6.21. The van der Waals surface area contributed by atoms with E-state index in [1.807, 2.05) is 0 Å². The summed E-state index contributed by atoms with van der Waals surface area (Å²) in [6.07, 6.45) is -0.185. The molecule has 0 aromatic heterocycles. The summed E-state index contributed by atoms with van der Waals surface area (Å²) in [5.41, 5.74) is 5.90. The lowest BCUT2D eigenvalue weighted by Gasteiger charge is -2.02. The van der Waals surface area contributed by atoms with Crippen molar-refractivity contribution in [1.29, 1.82) is 0 Å². The number of hydrogen-bond donors (Lipinski definition) is 2. The molecule has 0 fully saturated rings. The van der Waals surface area contributed by atoms with Crippen LogP contribution in [-0.4, -0.2) is 21.7 Å². The van der Waals surface area contributed by atoms with Gasteiger partial charge in [-0.2, -0.15) is 0 Å². The number of carbonyl (C=O) groups is 1. The van der Waals surface area contributed by atoms with Crippen LogP contribution in [0.25, 0.3) is 0 Å². The molecule has 0 saturated carbocycles. The highest BCUT2D eigenvalue weighted by Crippen LogP contribution is 2.14. The molecule has 0 aliphatic heterocycles. The van der Waals surface area contributed by atoms with Crippen LogP contribution < -0.4 is 5.73 Å². The van der Waals surface area contributed by atoms with E-state index in [0.717, 1.165) is 0 Å². The Balaban J connectivity index is 3.30. The van der Waals surface area contributed by atoms with Crippen molar-refractivity contribution in [3.63, 3.8) is 0 Å². The lowest BCUT2D eigenvalue weighted by atomic mass is 10.3. The van der Waals surface area contributed by atoms with Crippen molar-refractivity contribution in [3.05, 3.63) is 24.3 Å². The molecule has 0 bridgehead atoms. The van der Waals surface area contributed by atoms with Crippen LogP contribution in [0.15, 0.2) is 33.5 Å². The molecule has 1 atom stereocenters. The van der Waals surface area contributed by atoms with Crippen molar-refractivity contribution < 1.29 is 14.1 Å². The Morgan fingerprint density at radius 2 is 2.21 bits per heavy atom. The molecule has 3 N–H and O–H groups in total. The van der Waals surface area contributed by atoms with E-state index in [4.69, 9.17) is 10.8 Å². The Hall–Kier alpha value is -1.56. The lowest BCUT2D eigenvalue weighted by molar-refractivity contribution is 0.206. The fourth-order valence-corrected chi connectivity index (χ4v) is 2.04. The monoisotopic (exact) mass is 214 g/mol. The van der Waals surface area contributed by atoms with Crippen LogP contribution in [-0.2, 0) is 9.73 Å². The minimum absolute atomic E-state index is 0.319. The average Bonchev–Trinajstić information content (AvgIpc) is 2.01. The standard InChI is InChI=1S/C8H10N2O3S/c1-14(13,10-8(11)12)7-4-2-3-6(9)5-7/h2-5H,9H2,1H3,(H,11,12). The van der Waals surface area contributed by atoms with Crippen molar-refractivity contribution in [2.75, 3.05) is 12.0 Å². The van der Waals surface area contributed by atoms with E-state index in [1.165, 1.54) is 18.4 Å². The number of nitrogens with two attached hydrogens (primary N) is 1. The van der Waals surface area contributed by atoms with Gasteiger partial charge in [-0.15, -0.1) is 4.36 Å². The van der Waals surface area contributed by atoms with Crippen LogP contribution in [0.3, 0.4) is 0 Å². The topological polar surface area (TPSA) is 92.8 Å². The molecule has 1 aromatic rings. The van der Waals surface area contributed by atoms with Crippen molar-refractivity contribution >= 4 is 21.5 Å². The van der Waals surface area contributed by atoms with Gasteiger partial charge in [-0.25, -0.2) is 9.00 Å². The van der Waals surface area contributed by atoms with Crippen LogP contribution in [0, 0.1) is 0 Å². The fourth-order valence-electron chi connectivity index (χ4n) is 0.952. The predicted octanol–water partition coefficient (Wildman–Crippen LogP) is 1.40. The summed E-state index contributed by atoms with van der Waals surface area (Å²) in [6.45, 7) is 0. The zero-order valence-electron chi connectivity index (χ0n) is 7.51. The summed E-state index contributed by atoms with van der Waals surface area (Å²) in [4.78, 5) is 10.6. The van der Waals surface area contributed by atoms with Gasteiger partial charge in [0.15, 0.2) is 0 Å².